The number of nitrogens with one attached hydrogen (secondary N) is 1. The van der Waals surface area contributed by atoms with Crippen molar-refractivity contribution in [2.75, 3.05) is 7.05 Å². The summed E-state index contributed by atoms with van der Waals surface area (Å²) in [4.78, 5) is 2.85. The van der Waals surface area contributed by atoms with E-state index in [9.17, 15) is 0 Å². The lowest BCUT2D eigenvalue weighted by atomic mass is 10.1. The topological polar surface area (TPSA) is 12.0 Å². The van der Waals surface area contributed by atoms with Crippen molar-refractivity contribution < 1.29 is 0 Å². The lowest BCUT2D eigenvalue weighted by Gasteiger charge is -2.12. The Bertz CT molecular complexity index is 623. The summed E-state index contributed by atoms with van der Waals surface area (Å²) >= 11 is 9.06. The van der Waals surface area contributed by atoms with E-state index in [0.717, 1.165) is 6.42 Å². The largest absolute Gasteiger partial charge is 0.312 e. The zero-order valence-corrected chi connectivity index (χ0v) is 13.8. The first-order chi connectivity index (χ1) is 8.76. The van der Waals surface area contributed by atoms with Crippen LogP contribution in [0.5, 0.6) is 0 Å². The van der Waals surface area contributed by atoms with Crippen LogP contribution in [0.4, 0.5) is 0 Å². The van der Waals surface area contributed by atoms with Gasteiger partial charge in [0.05, 0.1) is 0 Å². The minimum atomic E-state index is 0.417. The fraction of sp³-hybridized carbons (Fsp3) is 0.231. The van der Waals surface area contributed by atoms with Gasteiger partial charge in [0.15, 0.2) is 0 Å². The third-order valence-electron chi connectivity index (χ3n) is 2.88. The van der Waals surface area contributed by atoms with Crippen molar-refractivity contribution >= 4 is 59.3 Å². The Labute approximate surface area is 127 Å². The maximum absolute atomic E-state index is 3.52. The number of hydrogen-bond donors (Lipinski definition) is 1. The third kappa shape index (κ3) is 2.56. The SMILES string of the molecule is CNC(Cc1cc(Br)cs1)c1cc2sccc2s1. The van der Waals surface area contributed by atoms with Gasteiger partial charge in [-0.3, -0.25) is 0 Å². The van der Waals surface area contributed by atoms with E-state index in [1.807, 2.05) is 41.1 Å². The molecular formula is C13H12BrNS3. The molecule has 1 unspecified atom stereocenters. The van der Waals surface area contributed by atoms with Crippen molar-refractivity contribution in [3.63, 3.8) is 0 Å². The van der Waals surface area contributed by atoms with Crippen LogP contribution in [0.1, 0.15) is 15.8 Å². The van der Waals surface area contributed by atoms with E-state index in [1.165, 1.54) is 23.6 Å². The van der Waals surface area contributed by atoms with Gasteiger partial charge < -0.3 is 5.32 Å². The predicted molar refractivity (Wildman–Crippen MR) is 87.2 cm³/mol. The van der Waals surface area contributed by atoms with Crippen LogP contribution >= 0.6 is 49.9 Å². The highest BCUT2D eigenvalue weighted by Crippen LogP contribution is 2.35. The molecule has 3 aromatic heterocycles. The Morgan fingerprint density at radius 3 is 2.83 bits per heavy atom. The van der Waals surface area contributed by atoms with Crippen LogP contribution in [-0.2, 0) is 6.42 Å². The molecule has 0 amide bonds. The molecule has 1 nitrogen and oxygen atoms in total. The van der Waals surface area contributed by atoms with Crippen LogP contribution < -0.4 is 5.32 Å². The predicted octanol–water partition coefficient (Wildman–Crippen LogP) is 5.29. The standard InChI is InChI=1S/C13H12BrNS3/c1-15-10(5-9-4-8(14)7-17-9)12-6-13-11(18-12)2-3-16-13/h2-4,6-7,10,15H,5H2,1H3. The molecule has 94 valence electrons. The molecule has 3 aromatic rings. The van der Waals surface area contributed by atoms with Gasteiger partial charge in [-0.05, 0) is 46.6 Å². The fourth-order valence-electron chi connectivity index (χ4n) is 1.96. The van der Waals surface area contributed by atoms with E-state index in [0.29, 0.717) is 6.04 Å². The Kier molecular flexibility index (Phi) is 3.86. The van der Waals surface area contributed by atoms with Gasteiger partial charge in [0.2, 0.25) is 0 Å². The van der Waals surface area contributed by atoms with E-state index >= 15 is 0 Å². The molecule has 0 aliphatic heterocycles. The van der Waals surface area contributed by atoms with Crippen molar-refractivity contribution in [2.45, 2.75) is 12.5 Å². The quantitative estimate of drug-likeness (QED) is 0.668. The Morgan fingerprint density at radius 1 is 1.28 bits per heavy atom. The normalized spacial score (nSPS) is 13.2. The number of hydrogen-bond acceptors (Lipinski definition) is 4. The van der Waals surface area contributed by atoms with E-state index in [2.05, 4.69) is 50.2 Å². The van der Waals surface area contributed by atoms with Gasteiger partial charge in [0.1, 0.15) is 0 Å². The molecule has 1 atom stereocenters. The number of thiophene rings is 3. The molecule has 0 saturated heterocycles. The van der Waals surface area contributed by atoms with Crippen molar-refractivity contribution in [3.05, 3.63) is 43.2 Å². The summed E-state index contributed by atoms with van der Waals surface area (Å²) in [5, 5.41) is 7.74. The molecule has 5 heteroatoms. The molecule has 0 radical (unpaired) electrons. The smallest absolute Gasteiger partial charge is 0.0461 e. The van der Waals surface area contributed by atoms with Crippen LogP contribution in [0.25, 0.3) is 9.40 Å². The van der Waals surface area contributed by atoms with Gasteiger partial charge in [0, 0.05) is 41.5 Å². The van der Waals surface area contributed by atoms with Crippen LogP contribution in [0, 0.1) is 0 Å². The maximum atomic E-state index is 3.52. The van der Waals surface area contributed by atoms with Gasteiger partial charge in [-0.1, -0.05) is 0 Å². The van der Waals surface area contributed by atoms with E-state index < -0.39 is 0 Å². The summed E-state index contributed by atoms with van der Waals surface area (Å²) in [6, 6.07) is 7.17. The van der Waals surface area contributed by atoms with Crippen LogP contribution in [-0.4, -0.2) is 7.05 Å². The molecule has 18 heavy (non-hydrogen) atoms. The first kappa shape index (κ1) is 12.8. The fourth-order valence-corrected chi connectivity index (χ4v) is 5.69. The second-order valence-corrected chi connectivity index (χ2v) is 8.05. The molecule has 0 aromatic carbocycles. The van der Waals surface area contributed by atoms with Crippen molar-refractivity contribution in [1.29, 1.82) is 0 Å². The monoisotopic (exact) mass is 357 g/mol. The van der Waals surface area contributed by atoms with Gasteiger partial charge >= 0.3 is 0 Å². The lowest BCUT2D eigenvalue weighted by Crippen LogP contribution is -2.17. The summed E-state index contributed by atoms with van der Waals surface area (Å²) in [6.07, 6.45) is 1.06. The van der Waals surface area contributed by atoms with Crippen molar-refractivity contribution in [1.82, 2.24) is 5.32 Å². The highest BCUT2D eigenvalue weighted by Gasteiger charge is 2.14. The van der Waals surface area contributed by atoms with Crippen molar-refractivity contribution in [2.24, 2.45) is 0 Å². The Morgan fingerprint density at radius 2 is 2.17 bits per heavy atom. The van der Waals surface area contributed by atoms with Gasteiger partial charge in [-0.2, -0.15) is 0 Å². The molecule has 0 fully saturated rings. The number of rotatable bonds is 4. The number of halogens is 1. The highest BCUT2D eigenvalue weighted by atomic mass is 79.9. The number of likely N-dealkylation sites (N-methyl/N-ethyl adjacent to an activating group) is 1. The minimum absolute atomic E-state index is 0.417. The van der Waals surface area contributed by atoms with Crippen LogP contribution in [0.2, 0.25) is 0 Å². The molecule has 0 bridgehead atoms. The zero-order chi connectivity index (χ0) is 12.5. The molecule has 0 saturated carbocycles. The maximum Gasteiger partial charge on any atom is 0.0461 e. The summed E-state index contributed by atoms with van der Waals surface area (Å²) in [5.74, 6) is 0. The molecular weight excluding hydrogens is 346 g/mol. The zero-order valence-electron chi connectivity index (χ0n) is 9.77. The van der Waals surface area contributed by atoms with Gasteiger partial charge in [0.25, 0.3) is 0 Å². The highest BCUT2D eigenvalue weighted by molar-refractivity contribution is 9.10. The molecule has 3 heterocycles. The van der Waals surface area contributed by atoms with Gasteiger partial charge in [-0.15, -0.1) is 34.0 Å². The third-order valence-corrected chi connectivity index (χ3v) is 6.80. The second-order valence-electron chi connectivity index (χ2n) is 4.07. The minimum Gasteiger partial charge on any atom is -0.312 e. The summed E-state index contributed by atoms with van der Waals surface area (Å²) in [7, 11) is 2.04. The summed E-state index contributed by atoms with van der Waals surface area (Å²) in [6.45, 7) is 0. The van der Waals surface area contributed by atoms with Gasteiger partial charge in [-0.25, -0.2) is 0 Å². The molecule has 3 rings (SSSR count). The van der Waals surface area contributed by atoms with E-state index in [4.69, 9.17) is 0 Å². The Hall–Kier alpha value is -0.200. The van der Waals surface area contributed by atoms with Crippen molar-refractivity contribution in [3.8, 4) is 0 Å². The molecule has 0 spiro atoms. The first-order valence-electron chi connectivity index (χ1n) is 5.63. The number of fused-ring (bicyclic) bond motifs is 1. The summed E-state index contributed by atoms with van der Waals surface area (Å²) < 4.78 is 4.00. The first-order valence-corrected chi connectivity index (χ1v) is 9.00. The molecule has 0 aliphatic rings. The van der Waals surface area contributed by atoms with E-state index in [1.54, 1.807) is 0 Å². The average molecular weight is 358 g/mol. The van der Waals surface area contributed by atoms with Crippen LogP contribution in [0.15, 0.2) is 33.4 Å². The van der Waals surface area contributed by atoms with Crippen LogP contribution in [0.3, 0.4) is 0 Å². The molecule has 1 N–H and O–H groups in total. The lowest BCUT2D eigenvalue weighted by molar-refractivity contribution is 0.607. The van der Waals surface area contributed by atoms with E-state index in [-0.39, 0.29) is 0 Å². The Balaban J connectivity index is 1.85. The molecule has 0 aliphatic carbocycles. The second kappa shape index (κ2) is 5.43. The average Bonchev–Trinajstić information content (AvgIpc) is 3.00. The summed E-state index contributed by atoms with van der Waals surface area (Å²) in [5.41, 5.74) is 0.